The smallest absolute Gasteiger partial charge is 0.227 e. The van der Waals surface area contributed by atoms with Crippen molar-refractivity contribution in [2.45, 2.75) is 31.8 Å². The molecule has 2 rings (SSSR count). The Bertz CT molecular complexity index is 478. The summed E-state index contributed by atoms with van der Waals surface area (Å²) >= 11 is 0. The van der Waals surface area contributed by atoms with Crippen LogP contribution in [-0.4, -0.2) is 34.6 Å². The van der Waals surface area contributed by atoms with Gasteiger partial charge in [0.15, 0.2) is 0 Å². The normalized spacial score (nSPS) is 18.4. The van der Waals surface area contributed by atoms with Gasteiger partial charge in [-0.3, -0.25) is 4.79 Å². The van der Waals surface area contributed by atoms with Gasteiger partial charge in [0.05, 0.1) is 12.0 Å². The molecule has 19 heavy (non-hydrogen) atoms. The molecule has 1 N–H and O–H groups in total. The Morgan fingerprint density at radius 2 is 2.00 bits per heavy atom. The first kappa shape index (κ1) is 13.9. The van der Waals surface area contributed by atoms with Gasteiger partial charge in [0, 0.05) is 19.2 Å². The number of rotatable bonds is 2. The van der Waals surface area contributed by atoms with Crippen molar-refractivity contribution < 1.29 is 18.7 Å². The minimum absolute atomic E-state index is 0.0751. The maximum atomic E-state index is 13.5. The zero-order valence-electron chi connectivity index (χ0n) is 10.8. The highest BCUT2D eigenvalue weighted by Crippen LogP contribution is 2.22. The third kappa shape index (κ3) is 3.50. The number of carbonyl (C=O) groups excluding carboxylic acids is 1. The van der Waals surface area contributed by atoms with E-state index < -0.39 is 17.2 Å². The van der Waals surface area contributed by atoms with Crippen molar-refractivity contribution >= 4 is 5.91 Å². The van der Waals surface area contributed by atoms with Crippen molar-refractivity contribution in [3.05, 3.63) is 35.4 Å². The molecule has 0 atom stereocenters. The SMILES string of the molecule is CC1(O)CCN(C(=O)Cc2ccc(F)cc2F)CC1. The third-order valence-corrected chi connectivity index (χ3v) is 3.55. The van der Waals surface area contributed by atoms with Crippen LogP contribution in [0.5, 0.6) is 0 Å². The van der Waals surface area contributed by atoms with E-state index >= 15 is 0 Å². The lowest BCUT2D eigenvalue weighted by molar-refractivity contribution is -0.134. The summed E-state index contributed by atoms with van der Waals surface area (Å²) in [6, 6.07) is 3.22. The third-order valence-electron chi connectivity index (χ3n) is 3.55. The Labute approximate surface area is 110 Å². The minimum atomic E-state index is -0.724. The highest BCUT2D eigenvalue weighted by molar-refractivity contribution is 5.79. The Kier molecular flexibility index (Phi) is 3.85. The fourth-order valence-corrected chi connectivity index (χ4v) is 2.18. The number of piperidine rings is 1. The number of halogens is 2. The number of nitrogens with zero attached hydrogens (tertiary/aromatic N) is 1. The number of benzene rings is 1. The van der Waals surface area contributed by atoms with Gasteiger partial charge in [0.25, 0.3) is 0 Å². The fourth-order valence-electron chi connectivity index (χ4n) is 2.18. The predicted octanol–water partition coefficient (Wildman–Crippen LogP) is 1.88. The Morgan fingerprint density at radius 3 is 2.58 bits per heavy atom. The lowest BCUT2D eigenvalue weighted by Crippen LogP contribution is -2.45. The fraction of sp³-hybridized carbons (Fsp3) is 0.500. The number of aliphatic hydroxyl groups is 1. The molecular weight excluding hydrogens is 252 g/mol. The number of carbonyl (C=O) groups is 1. The van der Waals surface area contributed by atoms with Crippen LogP contribution in [0.4, 0.5) is 8.78 Å². The second-order valence-electron chi connectivity index (χ2n) is 5.29. The molecule has 1 aliphatic rings. The van der Waals surface area contributed by atoms with Crippen molar-refractivity contribution in [3.8, 4) is 0 Å². The van der Waals surface area contributed by atoms with Crippen LogP contribution in [-0.2, 0) is 11.2 Å². The van der Waals surface area contributed by atoms with Crippen LogP contribution in [0, 0.1) is 11.6 Å². The maximum Gasteiger partial charge on any atom is 0.227 e. The molecule has 1 aliphatic heterocycles. The summed E-state index contributed by atoms with van der Waals surface area (Å²) in [7, 11) is 0. The second kappa shape index (κ2) is 5.25. The zero-order valence-corrected chi connectivity index (χ0v) is 10.8. The molecule has 0 unspecified atom stereocenters. The molecule has 0 spiro atoms. The molecule has 3 nitrogen and oxygen atoms in total. The number of hydrogen-bond acceptors (Lipinski definition) is 2. The van der Waals surface area contributed by atoms with Crippen LogP contribution in [0.3, 0.4) is 0 Å². The van der Waals surface area contributed by atoms with Crippen molar-refractivity contribution in [2.24, 2.45) is 0 Å². The average molecular weight is 269 g/mol. The second-order valence-corrected chi connectivity index (χ2v) is 5.29. The van der Waals surface area contributed by atoms with Crippen molar-refractivity contribution in [1.29, 1.82) is 0 Å². The quantitative estimate of drug-likeness (QED) is 0.890. The summed E-state index contributed by atoms with van der Waals surface area (Å²) in [5.74, 6) is -1.54. The Balaban J connectivity index is 1.98. The van der Waals surface area contributed by atoms with E-state index in [2.05, 4.69) is 0 Å². The first-order valence-corrected chi connectivity index (χ1v) is 6.31. The molecule has 1 aromatic rings. The van der Waals surface area contributed by atoms with Crippen molar-refractivity contribution in [3.63, 3.8) is 0 Å². The van der Waals surface area contributed by atoms with Gasteiger partial charge < -0.3 is 10.0 Å². The first-order chi connectivity index (χ1) is 8.87. The number of likely N-dealkylation sites (tertiary alicyclic amines) is 1. The van der Waals surface area contributed by atoms with Gasteiger partial charge in [-0.15, -0.1) is 0 Å². The van der Waals surface area contributed by atoms with E-state index in [-0.39, 0.29) is 17.9 Å². The summed E-state index contributed by atoms with van der Waals surface area (Å²) in [5, 5.41) is 9.80. The van der Waals surface area contributed by atoms with Crippen LogP contribution in [0.25, 0.3) is 0 Å². The van der Waals surface area contributed by atoms with Crippen LogP contribution in [0.2, 0.25) is 0 Å². The molecule has 1 heterocycles. The molecule has 1 amide bonds. The van der Waals surface area contributed by atoms with Crippen molar-refractivity contribution in [1.82, 2.24) is 4.90 Å². The zero-order chi connectivity index (χ0) is 14.0. The van der Waals surface area contributed by atoms with Gasteiger partial charge in [-0.1, -0.05) is 6.07 Å². The summed E-state index contributed by atoms with van der Waals surface area (Å²) < 4.78 is 26.2. The van der Waals surface area contributed by atoms with Crippen LogP contribution >= 0.6 is 0 Å². The van der Waals surface area contributed by atoms with Gasteiger partial charge in [0.2, 0.25) is 5.91 Å². The lowest BCUT2D eigenvalue weighted by Gasteiger charge is -2.35. The predicted molar refractivity (Wildman–Crippen MR) is 66.5 cm³/mol. The van der Waals surface area contributed by atoms with Gasteiger partial charge in [-0.25, -0.2) is 8.78 Å². The summed E-state index contributed by atoms with van der Waals surface area (Å²) in [4.78, 5) is 13.6. The standard InChI is InChI=1S/C14H17F2NO2/c1-14(19)4-6-17(7-5-14)13(18)8-10-2-3-11(15)9-12(10)16/h2-3,9,19H,4-8H2,1H3. The molecule has 5 heteroatoms. The minimum Gasteiger partial charge on any atom is -0.390 e. The molecule has 0 bridgehead atoms. The largest absolute Gasteiger partial charge is 0.390 e. The van der Waals surface area contributed by atoms with Crippen LogP contribution in [0.15, 0.2) is 18.2 Å². The van der Waals surface area contributed by atoms with Crippen LogP contribution < -0.4 is 0 Å². The van der Waals surface area contributed by atoms with Gasteiger partial charge in [-0.05, 0) is 31.4 Å². The molecule has 0 radical (unpaired) electrons. The first-order valence-electron chi connectivity index (χ1n) is 6.31. The van der Waals surface area contributed by atoms with E-state index in [0.717, 1.165) is 12.1 Å². The molecule has 1 fully saturated rings. The summed E-state index contributed by atoms with van der Waals surface area (Å²) in [5.41, 5.74) is -0.526. The van der Waals surface area contributed by atoms with E-state index in [0.29, 0.717) is 25.9 Å². The molecule has 0 aromatic heterocycles. The average Bonchev–Trinajstić information content (AvgIpc) is 2.32. The van der Waals surface area contributed by atoms with E-state index in [1.54, 1.807) is 11.8 Å². The van der Waals surface area contributed by atoms with Gasteiger partial charge in [0.1, 0.15) is 11.6 Å². The molecule has 1 saturated heterocycles. The van der Waals surface area contributed by atoms with Crippen LogP contribution in [0.1, 0.15) is 25.3 Å². The summed E-state index contributed by atoms with van der Waals surface area (Å²) in [6.07, 6.45) is 0.962. The summed E-state index contributed by atoms with van der Waals surface area (Å²) in [6.45, 7) is 2.68. The topological polar surface area (TPSA) is 40.5 Å². The maximum absolute atomic E-state index is 13.5. The highest BCUT2D eigenvalue weighted by Gasteiger charge is 2.29. The molecule has 0 aliphatic carbocycles. The molecule has 1 aromatic carbocycles. The van der Waals surface area contributed by atoms with E-state index in [1.807, 2.05) is 0 Å². The van der Waals surface area contributed by atoms with Gasteiger partial charge in [-0.2, -0.15) is 0 Å². The monoisotopic (exact) mass is 269 g/mol. The Hall–Kier alpha value is -1.49. The lowest BCUT2D eigenvalue weighted by atomic mass is 9.93. The highest BCUT2D eigenvalue weighted by atomic mass is 19.1. The molecule has 104 valence electrons. The van der Waals surface area contributed by atoms with E-state index in [4.69, 9.17) is 0 Å². The van der Waals surface area contributed by atoms with Crippen molar-refractivity contribution in [2.75, 3.05) is 13.1 Å². The Morgan fingerprint density at radius 1 is 1.37 bits per heavy atom. The molecule has 0 saturated carbocycles. The van der Waals surface area contributed by atoms with Gasteiger partial charge >= 0.3 is 0 Å². The molecular formula is C14H17F2NO2. The number of hydrogen-bond donors (Lipinski definition) is 1. The number of amides is 1. The van der Waals surface area contributed by atoms with E-state index in [1.165, 1.54) is 6.07 Å². The van der Waals surface area contributed by atoms with E-state index in [9.17, 15) is 18.7 Å².